The van der Waals surface area contributed by atoms with Crippen LogP contribution < -0.4 is 10.6 Å². The molecule has 2 N–H and O–H groups in total. The molecule has 0 saturated heterocycles. The summed E-state index contributed by atoms with van der Waals surface area (Å²) in [5.41, 5.74) is 2.14. The third-order valence-electron chi connectivity index (χ3n) is 3.32. The van der Waals surface area contributed by atoms with Crippen molar-refractivity contribution in [2.75, 3.05) is 13.3 Å². The zero-order valence-electron chi connectivity index (χ0n) is 13.4. The maximum absolute atomic E-state index is 5.54. The first-order chi connectivity index (χ1) is 10.6. The molecule has 1 aromatic heterocycles. The van der Waals surface area contributed by atoms with Crippen LogP contribution in [0.25, 0.3) is 0 Å². The van der Waals surface area contributed by atoms with E-state index in [0.29, 0.717) is 12.4 Å². The second kappa shape index (κ2) is 7.89. The summed E-state index contributed by atoms with van der Waals surface area (Å²) >= 11 is 1.74. The van der Waals surface area contributed by atoms with Gasteiger partial charge in [-0.25, -0.2) is 4.98 Å². The molecule has 1 heterocycles. The van der Waals surface area contributed by atoms with Gasteiger partial charge in [-0.1, -0.05) is 12.1 Å². The highest BCUT2D eigenvalue weighted by atomic mass is 32.2. The van der Waals surface area contributed by atoms with Gasteiger partial charge >= 0.3 is 0 Å². The Morgan fingerprint density at radius 1 is 1.18 bits per heavy atom. The van der Waals surface area contributed by atoms with E-state index in [4.69, 9.17) is 4.42 Å². The molecular weight excluding hydrogens is 296 g/mol. The first-order valence-corrected chi connectivity index (χ1v) is 8.35. The third kappa shape index (κ3) is 4.53. The van der Waals surface area contributed by atoms with Crippen molar-refractivity contribution in [2.45, 2.75) is 31.8 Å². The largest absolute Gasteiger partial charge is 0.444 e. The van der Waals surface area contributed by atoms with Gasteiger partial charge in [-0.3, -0.25) is 4.99 Å². The van der Waals surface area contributed by atoms with Gasteiger partial charge < -0.3 is 15.1 Å². The van der Waals surface area contributed by atoms with Crippen LogP contribution in [0.2, 0.25) is 0 Å². The monoisotopic (exact) mass is 318 g/mol. The highest BCUT2D eigenvalue weighted by Gasteiger charge is 2.06. The number of aromatic nitrogens is 1. The van der Waals surface area contributed by atoms with E-state index < -0.39 is 0 Å². The third-order valence-corrected chi connectivity index (χ3v) is 4.07. The summed E-state index contributed by atoms with van der Waals surface area (Å²) in [6, 6.07) is 8.48. The van der Waals surface area contributed by atoms with Gasteiger partial charge in [0.25, 0.3) is 0 Å². The molecule has 0 atom stereocenters. The second-order valence-electron chi connectivity index (χ2n) is 4.88. The van der Waals surface area contributed by atoms with E-state index >= 15 is 0 Å². The molecule has 0 aliphatic heterocycles. The van der Waals surface area contributed by atoms with Gasteiger partial charge in [-0.2, -0.15) is 0 Å². The summed E-state index contributed by atoms with van der Waals surface area (Å²) in [7, 11) is 1.75. The number of nitrogens with zero attached hydrogens (tertiary/aromatic N) is 2. The molecule has 0 fully saturated rings. The van der Waals surface area contributed by atoms with Crippen LogP contribution in [0.3, 0.4) is 0 Å². The fourth-order valence-corrected chi connectivity index (χ4v) is 2.33. The van der Waals surface area contributed by atoms with Gasteiger partial charge in [0.05, 0.1) is 12.2 Å². The Morgan fingerprint density at radius 2 is 1.86 bits per heavy atom. The number of oxazole rings is 1. The van der Waals surface area contributed by atoms with Crippen LogP contribution in [0.5, 0.6) is 0 Å². The van der Waals surface area contributed by atoms with Gasteiger partial charge in [0.2, 0.25) is 5.89 Å². The average Bonchev–Trinajstić information content (AvgIpc) is 2.86. The highest BCUT2D eigenvalue weighted by molar-refractivity contribution is 7.98. The SMILES string of the molecule is CN=C(NCc1ccc(SC)cc1)NCc1nc(C)c(C)o1. The highest BCUT2D eigenvalue weighted by Crippen LogP contribution is 2.14. The molecule has 0 bridgehead atoms. The lowest BCUT2D eigenvalue weighted by molar-refractivity contribution is 0.463. The van der Waals surface area contributed by atoms with Crippen molar-refractivity contribution in [1.29, 1.82) is 0 Å². The first kappa shape index (κ1) is 16.4. The van der Waals surface area contributed by atoms with Crippen LogP contribution in [0.4, 0.5) is 0 Å². The Balaban J connectivity index is 1.84. The second-order valence-corrected chi connectivity index (χ2v) is 5.76. The molecule has 22 heavy (non-hydrogen) atoms. The van der Waals surface area contributed by atoms with Crippen LogP contribution in [0.15, 0.2) is 38.6 Å². The quantitative estimate of drug-likeness (QED) is 0.504. The molecule has 0 aliphatic carbocycles. The summed E-state index contributed by atoms with van der Waals surface area (Å²) in [5, 5.41) is 6.48. The number of hydrogen-bond donors (Lipinski definition) is 2. The number of hydrogen-bond acceptors (Lipinski definition) is 4. The van der Waals surface area contributed by atoms with Crippen LogP contribution in [-0.4, -0.2) is 24.2 Å². The normalized spacial score (nSPS) is 11.5. The van der Waals surface area contributed by atoms with Crippen LogP contribution in [0, 0.1) is 13.8 Å². The fraction of sp³-hybridized carbons (Fsp3) is 0.375. The lowest BCUT2D eigenvalue weighted by atomic mass is 10.2. The molecule has 2 aromatic rings. The number of rotatable bonds is 5. The average molecular weight is 318 g/mol. The fourth-order valence-electron chi connectivity index (χ4n) is 1.92. The minimum atomic E-state index is 0.514. The standard InChI is InChI=1S/C16H22N4OS/c1-11-12(2)21-15(20-11)10-19-16(17-3)18-9-13-5-7-14(22-4)8-6-13/h5-8H,9-10H2,1-4H3,(H2,17,18,19). The van der Waals surface area contributed by atoms with E-state index in [1.807, 2.05) is 13.8 Å². The van der Waals surface area contributed by atoms with Crippen molar-refractivity contribution in [1.82, 2.24) is 15.6 Å². The van der Waals surface area contributed by atoms with Crippen molar-refractivity contribution in [2.24, 2.45) is 4.99 Å². The van der Waals surface area contributed by atoms with Gasteiger partial charge in [0, 0.05) is 18.5 Å². The molecule has 0 amide bonds. The van der Waals surface area contributed by atoms with Crippen molar-refractivity contribution in [3.63, 3.8) is 0 Å². The van der Waals surface area contributed by atoms with Crippen molar-refractivity contribution in [3.8, 4) is 0 Å². The smallest absolute Gasteiger partial charge is 0.214 e. The van der Waals surface area contributed by atoms with Crippen molar-refractivity contribution >= 4 is 17.7 Å². The molecule has 0 unspecified atom stereocenters. The lowest BCUT2D eigenvalue weighted by Gasteiger charge is -2.11. The topological polar surface area (TPSA) is 62.5 Å². The molecule has 6 heteroatoms. The number of benzene rings is 1. The molecular formula is C16H22N4OS. The molecule has 2 rings (SSSR count). The molecule has 0 aliphatic rings. The number of guanidine groups is 1. The van der Waals surface area contributed by atoms with E-state index in [0.717, 1.165) is 24.0 Å². The van der Waals surface area contributed by atoms with Gasteiger partial charge in [0.1, 0.15) is 5.76 Å². The predicted molar refractivity (Wildman–Crippen MR) is 91.2 cm³/mol. The van der Waals surface area contributed by atoms with Crippen LogP contribution >= 0.6 is 11.8 Å². The summed E-state index contributed by atoms with van der Waals surface area (Å²) in [5.74, 6) is 2.25. The molecule has 118 valence electrons. The molecule has 0 radical (unpaired) electrons. The zero-order chi connectivity index (χ0) is 15.9. The minimum absolute atomic E-state index is 0.514. The summed E-state index contributed by atoms with van der Waals surface area (Å²) in [6.07, 6.45) is 2.07. The van der Waals surface area contributed by atoms with Gasteiger partial charge in [-0.15, -0.1) is 11.8 Å². The summed E-state index contributed by atoms with van der Waals surface area (Å²) in [4.78, 5) is 9.81. The van der Waals surface area contributed by atoms with Crippen LogP contribution in [-0.2, 0) is 13.1 Å². The van der Waals surface area contributed by atoms with E-state index in [1.165, 1.54) is 10.5 Å². The molecule has 1 aromatic carbocycles. The Hall–Kier alpha value is -1.95. The van der Waals surface area contributed by atoms with Crippen molar-refractivity contribution in [3.05, 3.63) is 47.2 Å². The van der Waals surface area contributed by atoms with E-state index in [9.17, 15) is 0 Å². The maximum Gasteiger partial charge on any atom is 0.214 e. The Labute approximate surface area is 135 Å². The molecule has 0 spiro atoms. The van der Waals surface area contributed by atoms with E-state index in [-0.39, 0.29) is 0 Å². The zero-order valence-corrected chi connectivity index (χ0v) is 14.3. The first-order valence-electron chi connectivity index (χ1n) is 7.12. The van der Waals surface area contributed by atoms with Gasteiger partial charge in [0.15, 0.2) is 5.96 Å². The number of thioether (sulfide) groups is 1. The molecule has 5 nitrogen and oxygen atoms in total. The van der Waals surface area contributed by atoms with E-state index in [2.05, 4.69) is 51.1 Å². The summed E-state index contributed by atoms with van der Waals surface area (Å²) < 4.78 is 5.54. The van der Waals surface area contributed by atoms with Crippen LogP contribution in [0.1, 0.15) is 22.9 Å². The Kier molecular flexibility index (Phi) is 5.89. The van der Waals surface area contributed by atoms with Crippen molar-refractivity contribution < 1.29 is 4.42 Å². The summed E-state index contributed by atoms with van der Waals surface area (Å²) in [6.45, 7) is 5.09. The Morgan fingerprint density at radius 3 is 2.41 bits per heavy atom. The number of aryl methyl sites for hydroxylation is 2. The number of nitrogens with one attached hydrogen (secondary N) is 2. The predicted octanol–water partition coefficient (Wildman–Crippen LogP) is 2.88. The van der Waals surface area contributed by atoms with Gasteiger partial charge in [-0.05, 0) is 37.8 Å². The van der Waals surface area contributed by atoms with E-state index in [1.54, 1.807) is 18.8 Å². The maximum atomic E-state index is 5.54. The number of aliphatic imine (C=N–C) groups is 1. The molecule has 0 saturated carbocycles. The lowest BCUT2D eigenvalue weighted by Crippen LogP contribution is -2.36. The Bertz CT molecular complexity index is 615. The minimum Gasteiger partial charge on any atom is -0.444 e.